The van der Waals surface area contributed by atoms with Crippen LogP contribution in [-0.2, 0) is 22.6 Å². The molecule has 2 aliphatic rings. The highest BCUT2D eigenvalue weighted by Gasteiger charge is 2.37. The van der Waals surface area contributed by atoms with Crippen LogP contribution in [0, 0.1) is 0 Å². The van der Waals surface area contributed by atoms with Crippen molar-refractivity contribution in [2.45, 2.75) is 25.4 Å². The van der Waals surface area contributed by atoms with Crippen molar-refractivity contribution in [3.63, 3.8) is 0 Å². The molecule has 0 N–H and O–H groups in total. The fourth-order valence-corrected chi connectivity index (χ4v) is 4.20. The van der Waals surface area contributed by atoms with E-state index in [1.807, 2.05) is 52.3 Å². The van der Waals surface area contributed by atoms with Gasteiger partial charge in [0.25, 0.3) is 0 Å². The standard InChI is InChI=1S/C22H25ClN4O2/c23-18-6-4-17(5-7-18)15-21(28)26-13-11-25(12-14-26)20-8-10-27(22(20)29)16-19-3-1-2-9-24-19/h1-7,9,20H,8,10-16H2. The average Bonchev–Trinajstić information content (AvgIpc) is 3.11. The number of rotatable bonds is 5. The summed E-state index contributed by atoms with van der Waals surface area (Å²) in [6, 6.07) is 13.1. The Balaban J connectivity index is 1.27. The minimum atomic E-state index is -0.0766. The predicted molar refractivity (Wildman–Crippen MR) is 111 cm³/mol. The van der Waals surface area contributed by atoms with Crippen molar-refractivity contribution >= 4 is 23.4 Å². The molecule has 2 saturated heterocycles. The molecule has 2 fully saturated rings. The van der Waals surface area contributed by atoms with Crippen LogP contribution in [-0.4, -0.2) is 70.3 Å². The Bertz CT molecular complexity index is 851. The van der Waals surface area contributed by atoms with Crippen LogP contribution >= 0.6 is 11.6 Å². The molecule has 2 aliphatic heterocycles. The van der Waals surface area contributed by atoms with Crippen LogP contribution in [0.1, 0.15) is 17.7 Å². The first-order valence-electron chi connectivity index (χ1n) is 10.0. The van der Waals surface area contributed by atoms with Crippen molar-refractivity contribution in [3.05, 3.63) is 64.9 Å². The SMILES string of the molecule is O=C(Cc1ccc(Cl)cc1)N1CCN(C2CCN(Cc3ccccn3)C2=O)CC1. The highest BCUT2D eigenvalue weighted by Crippen LogP contribution is 2.21. The van der Waals surface area contributed by atoms with E-state index in [2.05, 4.69) is 9.88 Å². The van der Waals surface area contributed by atoms with Crippen molar-refractivity contribution in [3.8, 4) is 0 Å². The fourth-order valence-electron chi connectivity index (χ4n) is 4.08. The van der Waals surface area contributed by atoms with Crippen LogP contribution in [0.2, 0.25) is 5.02 Å². The molecule has 4 rings (SSSR count). The van der Waals surface area contributed by atoms with Crippen LogP contribution in [0.25, 0.3) is 0 Å². The van der Waals surface area contributed by atoms with Gasteiger partial charge in [-0.05, 0) is 36.2 Å². The largest absolute Gasteiger partial charge is 0.340 e. The zero-order valence-electron chi connectivity index (χ0n) is 16.3. The third-order valence-electron chi connectivity index (χ3n) is 5.72. The van der Waals surface area contributed by atoms with Gasteiger partial charge in [0.1, 0.15) is 0 Å². The summed E-state index contributed by atoms with van der Waals surface area (Å²) in [5.74, 6) is 0.304. The van der Waals surface area contributed by atoms with Crippen molar-refractivity contribution in [1.29, 1.82) is 0 Å². The Morgan fingerprint density at radius 2 is 1.79 bits per heavy atom. The van der Waals surface area contributed by atoms with Gasteiger partial charge in [-0.2, -0.15) is 0 Å². The number of likely N-dealkylation sites (tertiary alicyclic amines) is 1. The molecule has 152 valence electrons. The van der Waals surface area contributed by atoms with Gasteiger partial charge in [-0.15, -0.1) is 0 Å². The summed E-state index contributed by atoms with van der Waals surface area (Å²) in [6.45, 7) is 4.12. The summed E-state index contributed by atoms with van der Waals surface area (Å²) < 4.78 is 0. The van der Waals surface area contributed by atoms with E-state index in [9.17, 15) is 9.59 Å². The monoisotopic (exact) mass is 412 g/mol. The van der Waals surface area contributed by atoms with Gasteiger partial charge in [0.2, 0.25) is 11.8 Å². The summed E-state index contributed by atoms with van der Waals surface area (Å²) in [4.78, 5) is 35.8. The van der Waals surface area contributed by atoms with Crippen molar-refractivity contribution < 1.29 is 9.59 Å². The van der Waals surface area contributed by atoms with E-state index in [-0.39, 0.29) is 17.9 Å². The molecule has 0 aliphatic carbocycles. The van der Waals surface area contributed by atoms with Gasteiger partial charge in [0.05, 0.1) is 24.7 Å². The van der Waals surface area contributed by atoms with E-state index in [1.165, 1.54) is 0 Å². The Labute approximate surface area is 176 Å². The molecule has 0 saturated carbocycles. The topological polar surface area (TPSA) is 56.8 Å². The Morgan fingerprint density at radius 1 is 1.03 bits per heavy atom. The zero-order chi connectivity index (χ0) is 20.2. The van der Waals surface area contributed by atoms with Gasteiger partial charge >= 0.3 is 0 Å². The molecule has 1 unspecified atom stereocenters. The lowest BCUT2D eigenvalue weighted by molar-refractivity contribution is -0.135. The molecule has 0 spiro atoms. The summed E-state index contributed by atoms with van der Waals surface area (Å²) in [5, 5.41) is 0.674. The number of benzene rings is 1. The van der Waals surface area contributed by atoms with Gasteiger partial charge in [-0.1, -0.05) is 29.8 Å². The van der Waals surface area contributed by atoms with Gasteiger partial charge in [0.15, 0.2) is 0 Å². The lowest BCUT2D eigenvalue weighted by atomic mass is 10.1. The molecule has 0 radical (unpaired) electrons. The molecule has 1 atom stereocenters. The van der Waals surface area contributed by atoms with Gasteiger partial charge in [0, 0.05) is 43.9 Å². The van der Waals surface area contributed by atoms with Crippen LogP contribution in [0.3, 0.4) is 0 Å². The number of hydrogen-bond donors (Lipinski definition) is 0. The Morgan fingerprint density at radius 3 is 2.48 bits per heavy atom. The third kappa shape index (κ3) is 4.77. The highest BCUT2D eigenvalue weighted by atomic mass is 35.5. The van der Waals surface area contributed by atoms with E-state index in [4.69, 9.17) is 11.6 Å². The molecule has 3 heterocycles. The third-order valence-corrected chi connectivity index (χ3v) is 5.98. The van der Waals surface area contributed by atoms with Crippen LogP contribution in [0.4, 0.5) is 0 Å². The second-order valence-corrected chi connectivity index (χ2v) is 8.04. The maximum absolute atomic E-state index is 12.9. The van der Waals surface area contributed by atoms with E-state index in [1.54, 1.807) is 6.20 Å². The fraction of sp³-hybridized carbons (Fsp3) is 0.409. The second kappa shape index (κ2) is 8.93. The lowest BCUT2D eigenvalue weighted by Crippen LogP contribution is -2.54. The Kier molecular flexibility index (Phi) is 6.11. The summed E-state index contributed by atoms with van der Waals surface area (Å²) in [7, 11) is 0. The number of piperazine rings is 1. The second-order valence-electron chi connectivity index (χ2n) is 7.61. The first kappa shape index (κ1) is 19.9. The molecule has 1 aromatic carbocycles. The molecule has 6 nitrogen and oxygen atoms in total. The summed E-state index contributed by atoms with van der Waals surface area (Å²) in [5.41, 5.74) is 1.89. The van der Waals surface area contributed by atoms with Gasteiger partial charge in [-0.25, -0.2) is 0 Å². The normalized spacial score (nSPS) is 20.3. The first-order chi connectivity index (χ1) is 14.1. The molecular formula is C22H25ClN4O2. The average molecular weight is 413 g/mol. The van der Waals surface area contributed by atoms with E-state index in [0.717, 1.165) is 37.3 Å². The number of carbonyl (C=O) groups is 2. The van der Waals surface area contributed by atoms with Crippen molar-refractivity contribution in [2.24, 2.45) is 0 Å². The minimum absolute atomic E-state index is 0.0766. The highest BCUT2D eigenvalue weighted by molar-refractivity contribution is 6.30. The number of hydrogen-bond acceptors (Lipinski definition) is 4. The van der Waals surface area contributed by atoms with Crippen molar-refractivity contribution in [2.75, 3.05) is 32.7 Å². The number of carbonyl (C=O) groups excluding carboxylic acids is 2. The minimum Gasteiger partial charge on any atom is -0.340 e. The molecule has 1 aromatic heterocycles. The molecule has 2 aromatic rings. The maximum Gasteiger partial charge on any atom is 0.240 e. The number of aromatic nitrogens is 1. The quantitative estimate of drug-likeness (QED) is 0.755. The van der Waals surface area contributed by atoms with Gasteiger partial charge < -0.3 is 9.80 Å². The van der Waals surface area contributed by atoms with Gasteiger partial charge in [-0.3, -0.25) is 19.5 Å². The maximum atomic E-state index is 12.9. The van der Waals surface area contributed by atoms with Crippen LogP contribution in [0.15, 0.2) is 48.7 Å². The first-order valence-corrected chi connectivity index (χ1v) is 10.4. The number of halogens is 1. The molecule has 7 heteroatoms. The molecule has 0 bridgehead atoms. The molecule has 29 heavy (non-hydrogen) atoms. The summed E-state index contributed by atoms with van der Waals surface area (Å²) >= 11 is 5.91. The molecular weight excluding hydrogens is 388 g/mol. The number of amides is 2. The van der Waals surface area contributed by atoms with Crippen LogP contribution in [0.5, 0.6) is 0 Å². The summed E-state index contributed by atoms with van der Waals surface area (Å²) in [6.07, 6.45) is 2.98. The smallest absolute Gasteiger partial charge is 0.240 e. The van der Waals surface area contributed by atoms with E-state index >= 15 is 0 Å². The Hall–Kier alpha value is -2.44. The van der Waals surface area contributed by atoms with E-state index in [0.29, 0.717) is 31.1 Å². The predicted octanol–water partition coefficient (Wildman–Crippen LogP) is 2.22. The lowest BCUT2D eigenvalue weighted by Gasteiger charge is -2.37. The van der Waals surface area contributed by atoms with Crippen molar-refractivity contribution in [1.82, 2.24) is 19.7 Å². The van der Waals surface area contributed by atoms with E-state index < -0.39 is 0 Å². The van der Waals surface area contributed by atoms with Crippen LogP contribution < -0.4 is 0 Å². The number of pyridine rings is 1. The number of nitrogens with zero attached hydrogens (tertiary/aromatic N) is 4. The molecule has 2 amide bonds. The zero-order valence-corrected chi connectivity index (χ0v) is 17.1.